The summed E-state index contributed by atoms with van der Waals surface area (Å²) >= 11 is 0. The van der Waals surface area contributed by atoms with E-state index in [1.165, 1.54) is 30.3 Å². The average Bonchev–Trinajstić information content (AvgIpc) is 2.68. The van der Waals surface area contributed by atoms with E-state index in [1.807, 2.05) is 32.0 Å². The molecule has 0 aliphatic carbocycles. The summed E-state index contributed by atoms with van der Waals surface area (Å²) in [7, 11) is 0. The number of amides is 2. The highest BCUT2D eigenvalue weighted by Gasteiger charge is 2.12. The molecule has 28 heavy (non-hydrogen) atoms. The molecule has 0 aliphatic rings. The SMILES string of the molecule is Cc1cccc(NC(=O)c2ccc(C(=O)Nc3ccc(F)c(F)c3)cc2)c1C. The van der Waals surface area contributed by atoms with Gasteiger partial charge in [-0.3, -0.25) is 9.59 Å². The molecule has 0 saturated heterocycles. The van der Waals surface area contributed by atoms with Crippen molar-refractivity contribution in [3.05, 3.63) is 94.6 Å². The zero-order valence-electron chi connectivity index (χ0n) is 15.3. The number of benzene rings is 3. The molecule has 6 heteroatoms. The van der Waals surface area contributed by atoms with Gasteiger partial charge in [0.05, 0.1) is 0 Å². The molecular formula is C22H18F2N2O2. The molecule has 0 atom stereocenters. The summed E-state index contributed by atoms with van der Waals surface area (Å²) in [5.41, 5.74) is 3.60. The van der Waals surface area contributed by atoms with Crippen molar-refractivity contribution in [2.45, 2.75) is 13.8 Å². The molecule has 0 aromatic heterocycles. The topological polar surface area (TPSA) is 58.2 Å². The van der Waals surface area contributed by atoms with Crippen LogP contribution in [0, 0.1) is 25.5 Å². The maximum atomic E-state index is 13.2. The highest BCUT2D eigenvalue weighted by Crippen LogP contribution is 2.19. The van der Waals surface area contributed by atoms with Crippen LogP contribution in [0.25, 0.3) is 0 Å². The number of anilines is 2. The minimum absolute atomic E-state index is 0.139. The number of carbonyl (C=O) groups excluding carboxylic acids is 2. The van der Waals surface area contributed by atoms with Gasteiger partial charge in [0, 0.05) is 28.6 Å². The second-order valence-electron chi connectivity index (χ2n) is 6.36. The van der Waals surface area contributed by atoms with Gasteiger partial charge in [-0.15, -0.1) is 0 Å². The Labute approximate surface area is 161 Å². The molecular weight excluding hydrogens is 362 g/mol. The Morgan fingerprint density at radius 2 is 1.36 bits per heavy atom. The molecule has 3 aromatic carbocycles. The van der Waals surface area contributed by atoms with Gasteiger partial charge in [0.15, 0.2) is 11.6 Å². The van der Waals surface area contributed by atoms with E-state index in [9.17, 15) is 18.4 Å². The fourth-order valence-corrected chi connectivity index (χ4v) is 2.63. The zero-order chi connectivity index (χ0) is 20.3. The van der Waals surface area contributed by atoms with Crippen LogP contribution >= 0.6 is 0 Å². The molecule has 0 spiro atoms. The number of rotatable bonds is 4. The van der Waals surface area contributed by atoms with E-state index in [4.69, 9.17) is 0 Å². The minimum atomic E-state index is -1.05. The van der Waals surface area contributed by atoms with E-state index < -0.39 is 17.5 Å². The van der Waals surface area contributed by atoms with Gasteiger partial charge in [-0.2, -0.15) is 0 Å². The number of carbonyl (C=O) groups is 2. The lowest BCUT2D eigenvalue weighted by Crippen LogP contribution is -2.15. The highest BCUT2D eigenvalue weighted by molar-refractivity contribution is 6.07. The first-order valence-corrected chi connectivity index (χ1v) is 8.59. The minimum Gasteiger partial charge on any atom is -0.322 e. The molecule has 3 aromatic rings. The molecule has 0 unspecified atom stereocenters. The summed E-state index contributed by atoms with van der Waals surface area (Å²) in [6.07, 6.45) is 0. The molecule has 2 N–H and O–H groups in total. The predicted molar refractivity (Wildman–Crippen MR) is 105 cm³/mol. The largest absolute Gasteiger partial charge is 0.322 e. The smallest absolute Gasteiger partial charge is 0.255 e. The first-order valence-electron chi connectivity index (χ1n) is 8.59. The number of hydrogen-bond donors (Lipinski definition) is 2. The maximum Gasteiger partial charge on any atom is 0.255 e. The van der Waals surface area contributed by atoms with Gasteiger partial charge in [-0.25, -0.2) is 8.78 Å². The average molecular weight is 380 g/mol. The van der Waals surface area contributed by atoms with Crippen LogP contribution in [0.2, 0.25) is 0 Å². The summed E-state index contributed by atoms with van der Waals surface area (Å²) in [4.78, 5) is 24.7. The van der Waals surface area contributed by atoms with Crippen LogP contribution in [0.4, 0.5) is 20.2 Å². The van der Waals surface area contributed by atoms with Crippen LogP contribution in [-0.4, -0.2) is 11.8 Å². The van der Waals surface area contributed by atoms with E-state index in [0.29, 0.717) is 5.56 Å². The lowest BCUT2D eigenvalue weighted by Gasteiger charge is -2.11. The fourth-order valence-electron chi connectivity index (χ4n) is 2.63. The Morgan fingerprint density at radius 3 is 1.96 bits per heavy atom. The van der Waals surface area contributed by atoms with Crippen molar-refractivity contribution in [3.8, 4) is 0 Å². The number of nitrogens with one attached hydrogen (secondary N) is 2. The van der Waals surface area contributed by atoms with Crippen LogP contribution in [0.3, 0.4) is 0 Å². The fraction of sp³-hybridized carbons (Fsp3) is 0.0909. The third kappa shape index (κ3) is 4.23. The third-order valence-corrected chi connectivity index (χ3v) is 4.44. The van der Waals surface area contributed by atoms with Crippen molar-refractivity contribution >= 4 is 23.2 Å². The van der Waals surface area contributed by atoms with E-state index >= 15 is 0 Å². The number of aryl methyl sites for hydroxylation is 1. The first-order chi connectivity index (χ1) is 13.3. The molecule has 0 saturated carbocycles. The summed E-state index contributed by atoms with van der Waals surface area (Å²) in [6, 6.07) is 14.8. The van der Waals surface area contributed by atoms with Gasteiger partial charge in [-0.1, -0.05) is 12.1 Å². The Hall–Kier alpha value is -3.54. The Morgan fingerprint density at radius 1 is 0.750 bits per heavy atom. The van der Waals surface area contributed by atoms with Crippen LogP contribution < -0.4 is 10.6 Å². The van der Waals surface area contributed by atoms with Gasteiger partial charge in [0.1, 0.15) is 0 Å². The summed E-state index contributed by atoms with van der Waals surface area (Å²) < 4.78 is 26.2. The zero-order valence-corrected chi connectivity index (χ0v) is 15.3. The van der Waals surface area contributed by atoms with Crippen molar-refractivity contribution in [1.29, 1.82) is 0 Å². The molecule has 4 nitrogen and oxygen atoms in total. The summed E-state index contributed by atoms with van der Waals surface area (Å²) in [6.45, 7) is 3.89. The highest BCUT2D eigenvalue weighted by atomic mass is 19.2. The molecule has 0 bridgehead atoms. The van der Waals surface area contributed by atoms with Crippen LogP contribution in [0.5, 0.6) is 0 Å². The van der Waals surface area contributed by atoms with Crippen molar-refractivity contribution < 1.29 is 18.4 Å². The molecule has 0 heterocycles. The molecule has 142 valence electrons. The second kappa shape index (κ2) is 8.00. The van der Waals surface area contributed by atoms with E-state index in [2.05, 4.69) is 10.6 Å². The van der Waals surface area contributed by atoms with Gasteiger partial charge < -0.3 is 10.6 Å². The molecule has 0 radical (unpaired) electrons. The van der Waals surface area contributed by atoms with Gasteiger partial charge >= 0.3 is 0 Å². The van der Waals surface area contributed by atoms with Gasteiger partial charge in [-0.05, 0) is 67.4 Å². The Kier molecular flexibility index (Phi) is 5.49. The monoisotopic (exact) mass is 380 g/mol. The van der Waals surface area contributed by atoms with E-state index in [-0.39, 0.29) is 17.2 Å². The number of hydrogen-bond acceptors (Lipinski definition) is 2. The van der Waals surface area contributed by atoms with Crippen LogP contribution in [0.15, 0.2) is 60.7 Å². The Bertz CT molecular complexity index is 1050. The van der Waals surface area contributed by atoms with E-state index in [1.54, 1.807) is 0 Å². The summed E-state index contributed by atoms with van der Waals surface area (Å²) in [5.74, 6) is -2.82. The molecule has 0 aliphatic heterocycles. The third-order valence-electron chi connectivity index (χ3n) is 4.44. The number of halogens is 2. The lowest BCUT2D eigenvalue weighted by molar-refractivity contribution is 0.101. The van der Waals surface area contributed by atoms with Gasteiger partial charge in [0.2, 0.25) is 0 Å². The molecule has 0 fully saturated rings. The van der Waals surface area contributed by atoms with Crippen LogP contribution in [-0.2, 0) is 0 Å². The first kappa shape index (κ1) is 19.2. The normalized spacial score (nSPS) is 10.4. The van der Waals surface area contributed by atoms with Crippen LogP contribution in [0.1, 0.15) is 31.8 Å². The van der Waals surface area contributed by atoms with E-state index in [0.717, 1.165) is 28.9 Å². The second-order valence-corrected chi connectivity index (χ2v) is 6.36. The van der Waals surface area contributed by atoms with Crippen molar-refractivity contribution in [2.24, 2.45) is 0 Å². The lowest BCUT2D eigenvalue weighted by atomic mass is 10.1. The summed E-state index contributed by atoms with van der Waals surface area (Å²) in [5, 5.41) is 5.33. The molecule has 3 rings (SSSR count). The van der Waals surface area contributed by atoms with Gasteiger partial charge in [0.25, 0.3) is 11.8 Å². The van der Waals surface area contributed by atoms with Crippen molar-refractivity contribution in [1.82, 2.24) is 0 Å². The van der Waals surface area contributed by atoms with Crippen molar-refractivity contribution in [2.75, 3.05) is 10.6 Å². The molecule has 2 amide bonds. The van der Waals surface area contributed by atoms with Crippen molar-refractivity contribution in [3.63, 3.8) is 0 Å². The maximum absolute atomic E-state index is 13.2. The standard InChI is InChI=1S/C22H18F2N2O2/c1-13-4-3-5-20(14(13)2)26-22(28)16-8-6-15(7-9-16)21(27)25-17-10-11-18(23)19(24)12-17/h3-12H,1-2H3,(H,25,27)(H,26,28). The Balaban J connectivity index is 1.70. The quantitative estimate of drug-likeness (QED) is 0.663. The predicted octanol–water partition coefficient (Wildman–Crippen LogP) is 5.09.